The second kappa shape index (κ2) is 11.9. The first-order chi connectivity index (χ1) is 17.0. The zero-order chi connectivity index (χ0) is 26.3. The summed E-state index contributed by atoms with van der Waals surface area (Å²) in [4.78, 5) is 13.6. The normalized spacial score (nSPS) is 16.1. The van der Waals surface area contributed by atoms with Gasteiger partial charge in [-0.25, -0.2) is 16.8 Å². The Hall–Kier alpha value is -2.95. The number of piperazine rings is 1. The van der Waals surface area contributed by atoms with Crippen LogP contribution in [0.15, 0.2) is 53.4 Å². The summed E-state index contributed by atoms with van der Waals surface area (Å²) in [5.41, 5.74) is 1.68. The molecular formula is C24H29N3O7S2. The van der Waals surface area contributed by atoms with Crippen molar-refractivity contribution in [2.24, 2.45) is 0 Å². The molecule has 1 saturated heterocycles. The van der Waals surface area contributed by atoms with Gasteiger partial charge < -0.3 is 9.84 Å². The Morgan fingerprint density at radius 3 is 2.03 bits per heavy atom. The van der Waals surface area contributed by atoms with Gasteiger partial charge >= 0.3 is 5.97 Å². The predicted octanol–water partition coefficient (Wildman–Crippen LogP) is 1.06. The molecule has 0 bridgehead atoms. The van der Waals surface area contributed by atoms with Crippen molar-refractivity contribution in [1.29, 1.82) is 0 Å². The minimum absolute atomic E-state index is 0.0530. The zero-order valence-electron chi connectivity index (χ0n) is 20.0. The number of carboxylic acids is 1. The molecule has 194 valence electrons. The van der Waals surface area contributed by atoms with Gasteiger partial charge in [-0.15, -0.1) is 0 Å². The fraction of sp³-hybridized carbons (Fsp3) is 0.375. The predicted molar refractivity (Wildman–Crippen MR) is 135 cm³/mol. The van der Waals surface area contributed by atoms with E-state index in [2.05, 4.69) is 16.6 Å². The molecule has 1 heterocycles. The average molecular weight is 536 g/mol. The van der Waals surface area contributed by atoms with Crippen LogP contribution >= 0.6 is 0 Å². The number of sulfonamides is 2. The van der Waals surface area contributed by atoms with Crippen LogP contribution in [0, 0.1) is 11.8 Å². The van der Waals surface area contributed by atoms with Gasteiger partial charge in [-0.2, -0.15) is 9.03 Å². The van der Waals surface area contributed by atoms with Crippen LogP contribution in [0.25, 0.3) is 11.1 Å². The van der Waals surface area contributed by atoms with Crippen molar-refractivity contribution in [2.45, 2.75) is 17.4 Å². The number of carboxylic acid groups (broad SMARTS) is 1. The Morgan fingerprint density at radius 2 is 1.53 bits per heavy atom. The summed E-state index contributed by atoms with van der Waals surface area (Å²) in [6, 6.07) is 12.0. The number of hydrogen-bond donors (Lipinski definition) is 2. The van der Waals surface area contributed by atoms with E-state index in [4.69, 9.17) is 4.74 Å². The quantitative estimate of drug-likeness (QED) is 0.456. The lowest BCUT2D eigenvalue weighted by Crippen LogP contribution is -2.48. The van der Waals surface area contributed by atoms with Gasteiger partial charge in [0.2, 0.25) is 20.0 Å². The summed E-state index contributed by atoms with van der Waals surface area (Å²) in [5, 5.41) is 9.49. The summed E-state index contributed by atoms with van der Waals surface area (Å²) >= 11 is 0. The van der Waals surface area contributed by atoms with Crippen LogP contribution < -0.4 is 9.46 Å². The molecule has 1 aliphatic rings. The number of ether oxygens (including phenoxy) is 1. The smallest absolute Gasteiger partial charge is 0.322 e. The molecule has 1 fully saturated rings. The molecule has 1 atom stereocenters. The van der Waals surface area contributed by atoms with E-state index < -0.39 is 32.1 Å². The van der Waals surface area contributed by atoms with Gasteiger partial charge in [0.25, 0.3) is 0 Å². The van der Waals surface area contributed by atoms with E-state index in [1.807, 2.05) is 17.0 Å². The second-order valence-corrected chi connectivity index (χ2v) is 12.0. The summed E-state index contributed by atoms with van der Waals surface area (Å²) < 4.78 is 57.4. The molecule has 1 unspecified atom stereocenters. The lowest BCUT2D eigenvalue weighted by atomic mass is 10.1. The van der Waals surface area contributed by atoms with Crippen LogP contribution in [0.1, 0.15) is 6.42 Å². The second-order valence-electron chi connectivity index (χ2n) is 8.26. The molecule has 0 spiro atoms. The van der Waals surface area contributed by atoms with Crippen LogP contribution in [0.2, 0.25) is 0 Å². The van der Waals surface area contributed by atoms with Gasteiger partial charge in [-0.3, -0.25) is 9.69 Å². The SMILES string of the molecule is COc1ccc(-c2ccc(S(=O)(=O)NC(CC#CCN3CCN(S(C)(=O)=O)CC3)C(=O)O)cc2)cc1. The van der Waals surface area contributed by atoms with Crippen molar-refractivity contribution >= 4 is 26.0 Å². The minimum Gasteiger partial charge on any atom is -0.497 e. The number of aliphatic carboxylic acids is 1. The maximum Gasteiger partial charge on any atom is 0.322 e. The highest BCUT2D eigenvalue weighted by molar-refractivity contribution is 7.89. The lowest BCUT2D eigenvalue weighted by molar-refractivity contribution is -0.138. The fourth-order valence-electron chi connectivity index (χ4n) is 3.61. The Balaban J connectivity index is 1.58. The molecule has 0 saturated carbocycles. The van der Waals surface area contributed by atoms with Crippen molar-refractivity contribution < 1.29 is 31.5 Å². The topological polar surface area (TPSA) is 133 Å². The molecule has 0 aliphatic carbocycles. The molecule has 10 nitrogen and oxygen atoms in total. The molecule has 2 aromatic carbocycles. The molecule has 36 heavy (non-hydrogen) atoms. The van der Waals surface area contributed by atoms with Crippen LogP contribution in [0.3, 0.4) is 0 Å². The molecule has 12 heteroatoms. The highest BCUT2D eigenvalue weighted by Crippen LogP contribution is 2.24. The highest BCUT2D eigenvalue weighted by Gasteiger charge is 2.25. The Kier molecular flexibility index (Phi) is 9.10. The number of nitrogens with zero attached hydrogens (tertiary/aromatic N) is 2. The van der Waals surface area contributed by atoms with Crippen molar-refractivity contribution in [3.63, 3.8) is 0 Å². The van der Waals surface area contributed by atoms with Crippen LogP contribution in [-0.2, 0) is 24.8 Å². The highest BCUT2D eigenvalue weighted by atomic mass is 32.2. The third-order valence-corrected chi connectivity index (χ3v) is 8.51. The van der Waals surface area contributed by atoms with E-state index in [1.165, 1.54) is 22.7 Å². The van der Waals surface area contributed by atoms with Crippen molar-refractivity contribution in [1.82, 2.24) is 13.9 Å². The number of carbonyl (C=O) groups is 1. The van der Waals surface area contributed by atoms with E-state index in [0.29, 0.717) is 38.5 Å². The summed E-state index contributed by atoms with van der Waals surface area (Å²) in [6.07, 6.45) is 0.965. The fourth-order valence-corrected chi connectivity index (χ4v) is 5.62. The first-order valence-corrected chi connectivity index (χ1v) is 14.5. The zero-order valence-corrected chi connectivity index (χ0v) is 21.7. The summed E-state index contributed by atoms with van der Waals surface area (Å²) in [6.45, 7) is 2.11. The first-order valence-electron chi connectivity index (χ1n) is 11.1. The molecule has 3 rings (SSSR count). The number of rotatable bonds is 9. The van der Waals surface area contributed by atoms with Gasteiger partial charge in [-0.05, 0) is 35.4 Å². The van der Waals surface area contributed by atoms with E-state index in [1.54, 1.807) is 31.4 Å². The number of nitrogens with one attached hydrogen (secondary N) is 1. The third-order valence-electron chi connectivity index (χ3n) is 5.72. The number of methoxy groups -OCH3 is 1. The van der Waals surface area contributed by atoms with Gasteiger partial charge in [0.05, 0.1) is 24.8 Å². The Labute approximate surface area is 212 Å². The molecular weight excluding hydrogens is 506 g/mol. The molecule has 2 N–H and O–H groups in total. The molecule has 0 amide bonds. The van der Waals surface area contributed by atoms with Gasteiger partial charge in [-0.1, -0.05) is 36.1 Å². The first kappa shape index (κ1) is 27.6. The van der Waals surface area contributed by atoms with E-state index >= 15 is 0 Å². The van der Waals surface area contributed by atoms with Crippen LogP contribution in [0.5, 0.6) is 5.75 Å². The monoisotopic (exact) mass is 535 g/mol. The summed E-state index contributed by atoms with van der Waals surface area (Å²) in [7, 11) is -5.73. The van der Waals surface area contributed by atoms with Gasteiger partial charge in [0.15, 0.2) is 0 Å². The van der Waals surface area contributed by atoms with Crippen molar-refractivity contribution in [3.8, 4) is 28.7 Å². The maximum absolute atomic E-state index is 12.8. The van der Waals surface area contributed by atoms with E-state index in [-0.39, 0.29) is 11.3 Å². The standard InChI is InChI=1S/C24H29N3O7S2/c1-34-21-10-6-19(7-11-21)20-8-12-22(13-9-20)36(32,33)25-23(24(28)29)5-3-4-14-26-15-17-27(18-16-26)35(2,30)31/h6-13,23,25H,5,14-18H2,1-2H3,(H,28,29). The maximum atomic E-state index is 12.8. The summed E-state index contributed by atoms with van der Waals surface area (Å²) in [5.74, 6) is 4.96. The minimum atomic E-state index is -4.08. The van der Waals surface area contributed by atoms with Crippen molar-refractivity contribution in [2.75, 3.05) is 46.1 Å². The Morgan fingerprint density at radius 1 is 0.972 bits per heavy atom. The van der Waals surface area contributed by atoms with Gasteiger partial charge in [0, 0.05) is 32.6 Å². The Bertz CT molecular complexity index is 1320. The third kappa shape index (κ3) is 7.52. The van der Waals surface area contributed by atoms with Crippen LogP contribution in [-0.4, -0.2) is 89.2 Å². The molecule has 0 aromatic heterocycles. The largest absolute Gasteiger partial charge is 0.497 e. The molecule has 0 radical (unpaired) electrons. The lowest BCUT2D eigenvalue weighted by Gasteiger charge is -2.31. The van der Waals surface area contributed by atoms with Gasteiger partial charge in [0.1, 0.15) is 11.8 Å². The molecule has 2 aromatic rings. The van der Waals surface area contributed by atoms with E-state index in [9.17, 15) is 26.7 Å². The number of benzene rings is 2. The van der Waals surface area contributed by atoms with E-state index in [0.717, 1.165) is 11.1 Å². The van der Waals surface area contributed by atoms with Crippen molar-refractivity contribution in [3.05, 3.63) is 48.5 Å². The van der Waals surface area contributed by atoms with Crippen LogP contribution in [0.4, 0.5) is 0 Å². The average Bonchev–Trinajstić information content (AvgIpc) is 2.85. The molecule has 1 aliphatic heterocycles. The number of hydrogen-bond acceptors (Lipinski definition) is 7.